The summed E-state index contributed by atoms with van der Waals surface area (Å²) in [7, 11) is 2.15. The van der Waals surface area contributed by atoms with Gasteiger partial charge >= 0.3 is 0 Å². The summed E-state index contributed by atoms with van der Waals surface area (Å²) in [5.41, 5.74) is 2.67. The molecule has 1 aromatic rings. The zero-order valence-electron chi connectivity index (χ0n) is 11.2. The molecular weight excluding hydrogens is 228 g/mol. The molecule has 1 aromatic carbocycles. The molecule has 0 unspecified atom stereocenters. The van der Waals surface area contributed by atoms with Gasteiger partial charge in [-0.25, -0.2) is 0 Å². The normalized spacial score (nSPS) is 10.5. The van der Waals surface area contributed by atoms with Crippen molar-refractivity contribution in [2.75, 3.05) is 37.0 Å². The number of thioether (sulfide) groups is 1. The fraction of sp³-hybridized carbons (Fsp3) is 0.571. The molecule has 0 aromatic heterocycles. The van der Waals surface area contributed by atoms with Crippen molar-refractivity contribution in [1.29, 1.82) is 0 Å². The van der Waals surface area contributed by atoms with Crippen LogP contribution in [0.3, 0.4) is 0 Å². The van der Waals surface area contributed by atoms with E-state index in [9.17, 15) is 0 Å². The minimum Gasteiger partial charge on any atom is -0.374 e. The van der Waals surface area contributed by atoms with E-state index in [1.165, 1.54) is 23.4 Å². The zero-order chi connectivity index (χ0) is 12.5. The van der Waals surface area contributed by atoms with Crippen LogP contribution in [-0.2, 0) is 6.54 Å². The third kappa shape index (κ3) is 5.46. The van der Waals surface area contributed by atoms with E-state index in [0.717, 1.165) is 19.6 Å². The van der Waals surface area contributed by atoms with Crippen LogP contribution < -0.4 is 10.2 Å². The first kappa shape index (κ1) is 14.4. The molecule has 0 saturated heterocycles. The summed E-state index contributed by atoms with van der Waals surface area (Å²) >= 11 is 1.89. The van der Waals surface area contributed by atoms with Crippen molar-refractivity contribution in [2.45, 2.75) is 19.9 Å². The van der Waals surface area contributed by atoms with Gasteiger partial charge in [0, 0.05) is 31.6 Å². The van der Waals surface area contributed by atoms with Crippen molar-refractivity contribution in [3.63, 3.8) is 0 Å². The average molecular weight is 252 g/mol. The summed E-state index contributed by atoms with van der Waals surface area (Å²) in [5.74, 6) is 1.18. The summed E-state index contributed by atoms with van der Waals surface area (Å²) in [4.78, 5) is 2.31. The zero-order valence-corrected chi connectivity index (χ0v) is 12.0. The Hall–Kier alpha value is -0.670. The Labute approximate surface area is 110 Å². The minimum absolute atomic E-state index is 0.975. The lowest BCUT2D eigenvalue weighted by atomic mass is 10.2. The van der Waals surface area contributed by atoms with Gasteiger partial charge in [0.05, 0.1) is 0 Å². The third-order valence-corrected chi connectivity index (χ3v) is 3.35. The molecule has 0 spiro atoms. The fourth-order valence-corrected chi connectivity index (χ4v) is 2.09. The van der Waals surface area contributed by atoms with E-state index in [-0.39, 0.29) is 0 Å². The molecule has 1 N–H and O–H groups in total. The molecule has 0 heterocycles. The average Bonchev–Trinajstić information content (AvgIpc) is 2.37. The maximum Gasteiger partial charge on any atom is 0.0364 e. The maximum absolute atomic E-state index is 3.42. The topological polar surface area (TPSA) is 15.3 Å². The lowest BCUT2D eigenvalue weighted by molar-refractivity contribution is 0.675. The van der Waals surface area contributed by atoms with E-state index >= 15 is 0 Å². The highest BCUT2D eigenvalue weighted by atomic mass is 32.2. The van der Waals surface area contributed by atoms with Gasteiger partial charge in [-0.2, -0.15) is 11.8 Å². The maximum atomic E-state index is 3.42. The first-order valence-corrected chi connectivity index (χ1v) is 7.67. The van der Waals surface area contributed by atoms with Gasteiger partial charge in [0.25, 0.3) is 0 Å². The van der Waals surface area contributed by atoms with Crippen LogP contribution in [0.25, 0.3) is 0 Å². The predicted octanol–water partition coefficient (Wildman–Crippen LogP) is 2.99. The Balaban J connectivity index is 2.43. The SMILES string of the molecule is CCCNCc1ccc(N(C)CCSC)cc1. The molecule has 17 heavy (non-hydrogen) atoms. The van der Waals surface area contributed by atoms with Crippen LogP contribution in [0.1, 0.15) is 18.9 Å². The van der Waals surface area contributed by atoms with Gasteiger partial charge in [0.2, 0.25) is 0 Å². The second-order valence-electron chi connectivity index (χ2n) is 4.26. The Morgan fingerprint density at radius 2 is 1.94 bits per heavy atom. The van der Waals surface area contributed by atoms with Crippen molar-refractivity contribution in [1.82, 2.24) is 5.32 Å². The Morgan fingerprint density at radius 3 is 2.53 bits per heavy atom. The van der Waals surface area contributed by atoms with Gasteiger partial charge in [-0.1, -0.05) is 19.1 Å². The van der Waals surface area contributed by atoms with Crippen molar-refractivity contribution < 1.29 is 0 Å². The predicted molar refractivity (Wildman–Crippen MR) is 80.1 cm³/mol. The van der Waals surface area contributed by atoms with Crippen LogP contribution in [0.2, 0.25) is 0 Å². The van der Waals surface area contributed by atoms with Crippen LogP contribution in [0.5, 0.6) is 0 Å². The minimum atomic E-state index is 0.975. The largest absolute Gasteiger partial charge is 0.374 e. The van der Waals surface area contributed by atoms with Gasteiger partial charge in [0.15, 0.2) is 0 Å². The Kier molecular flexibility index (Phi) is 7.13. The van der Waals surface area contributed by atoms with Gasteiger partial charge in [0.1, 0.15) is 0 Å². The highest BCUT2D eigenvalue weighted by molar-refractivity contribution is 7.98. The molecule has 3 heteroatoms. The van der Waals surface area contributed by atoms with Crippen LogP contribution in [-0.4, -0.2) is 32.1 Å². The number of benzene rings is 1. The van der Waals surface area contributed by atoms with Crippen molar-refractivity contribution in [3.05, 3.63) is 29.8 Å². The highest BCUT2D eigenvalue weighted by Gasteiger charge is 2.00. The first-order valence-electron chi connectivity index (χ1n) is 6.27. The van der Waals surface area contributed by atoms with Gasteiger partial charge in [-0.05, 0) is 36.9 Å². The Bertz CT molecular complexity index is 298. The smallest absolute Gasteiger partial charge is 0.0364 e. The summed E-state index contributed by atoms with van der Waals surface area (Å²) in [6, 6.07) is 8.85. The van der Waals surface area contributed by atoms with Crippen molar-refractivity contribution >= 4 is 17.4 Å². The van der Waals surface area contributed by atoms with Gasteiger partial charge < -0.3 is 10.2 Å². The summed E-state index contributed by atoms with van der Waals surface area (Å²) in [6.45, 7) is 5.36. The number of nitrogens with one attached hydrogen (secondary N) is 1. The molecule has 0 bridgehead atoms. The molecule has 0 aliphatic rings. The number of hydrogen-bond acceptors (Lipinski definition) is 3. The lowest BCUT2D eigenvalue weighted by Gasteiger charge is -2.19. The molecular formula is C14H24N2S. The monoisotopic (exact) mass is 252 g/mol. The van der Waals surface area contributed by atoms with Crippen molar-refractivity contribution in [2.24, 2.45) is 0 Å². The van der Waals surface area contributed by atoms with E-state index in [1.54, 1.807) is 0 Å². The summed E-state index contributed by atoms with van der Waals surface area (Å²) in [6.07, 6.45) is 3.34. The highest BCUT2D eigenvalue weighted by Crippen LogP contribution is 2.14. The number of hydrogen-bond donors (Lipinski definition) is 1. The molecule has 0 saturated carbocycles. The van der Waals surface area contributed by atoms with E-state index < -0.39 is 0 Å². The van der Waals surface area contributed by atoms with Crippen LogP contribution in [0, 0.1) is 0 Å². The van der Waals surface area contributed by atoms with Gasteiger partial charge in [-0.15, -0.1) is 0 Å². The van der Waals surface area contributed by atoms with E-state index in [0.29, 0.717) is 0 Å². The van der Waals surface area contributed by atoms with E-state index in [4.69, 9.17) is 0 Å². The second kappa shape index (κ2) is 8.43. The third-order valence-electron chi connectivity index (χ3n) is 2.76. The molecule has 0 aliphatic heterocycles. The molecule has 0 fully saturated rings. The first-order chi connectivity index (χ1) is 8.27. The molecule has 1 rings (SSSR count). The van der Waals surface area contributed by atoms with Gasteiger partial charge in [-0.3, -0.25) is 0 Å². The molecule has 0 atom stereocenters. The van der Waals surface area contributed by atoms with Crippen molar-refractivity contribution in [3.8, 4) is 0 Å². The number of anilines is 1. The van der Waals surface area contributed by atoms with Crippen LogP contribution >= 0.6 is 11.8 Å². The van der Waals surface area contributed by atoms with Crippen LogP contribution in [0.4, 0.5) is 5.69 Å². The Morgan fingerprint density at radius 1 is 1.24 bits per heavy atom. The van der Waals surface area contributed by atoms with E-state index in [1.807, 2.05) is 11.8 Å². The molecule has 96 valence electrons. The fourth-order valence-electron chi connectivity index (χ4n) is 1.64. The molecule has 2 nitrogen and oxygen atoms in total. The number of rotatable bonds is 8. The molecule has 0 amide bonds. The lowest BCUT2D eigenvalue weighted by Crippen LogP contribution is -2.20. The number of nitrogens with zero attached hydrogens (tertiary/aromatic N) is 1. The second-order valence-corrected chi connectivity index (χ2v) is 5.24. The standard InChI is InChI=1S/C14H24N2S/c1-4-9-15-12-13-5-7-14(8-6-13)16(2)10-11-17-3/h5-8,15H,4,9-12H2,1-3H3. The van der Waals surface area contributed by atoms with E-state index in [2.05, 4.69) is 54.7 Å². The summed E-state index contributed by atoms with van der Waals surface area (Å²) < 4.78 is 0. The summed E-state index contributed by atoms with van der Waals surface area (Å²) in [5, 5.41) is 3.42. The quantitative estimate of drug-likeness (QED) is 0.716. The van der Waals surface area contributed by atoms with Crippen LogP contribution in [0.15, 0.2) is 24.3 Å². The molecule has 0 aliphatic carbocycles. The molecule has 0 radical (unpaired) electrons.